The van der Waals surface area contributed by atoms with Crippen LogP contribution in [0.4, 0.5) is 0 Å². The Morgan fingerprint density at radius 2 is 1.89 bits per heavy atom. The molecule has 0 bridgehead atoms. The lowest BCUT2D eigenvalue weighted by atomic mass is 10.1. The second kappa shape index (κ2) is 9.05. The molecule has 1 aliphatic rings. The van der Waals surface area contributed by atoms with Crippen LogP contribution in [0, 0.1) is 6.92 Å². The molecule has 1 fully saturated rings. The first-order chi connectivity index (χ1) is 13.8. The number of hydrogen-bond donors (Lipinski definition) is 2. The zero-order chi connectivity index (χ0) is 19.3. The first kappa shape index (κ1) is 19.4. The molecule has 6 nitrogen and oxygen atoms in total. The van der Waals surface area contributed by atoms with Gasteiger partial charge in [-0.2, -0.15) is 0 Å². The summed E-state index contributed by atoms with van der Waals surface area (Å²) in [7, 11) is 0. The molecule has 0 radical (unpaired) electrons. The van der Waals surface area contributed by atoms with Crippen LogP contribution in [0.15, 0.2) is 23.0 Å². The summed E-state index contributed by atoms with van der Waals surface area (Å²) in [5.41, 5.74) is 3.46. The van der Waals surface area contributed by atoms with Gasteiger partial charge in [0.1, 0.15) is 16.8 Å². The highest BCUT2D eigenvalue weighted by Gasteiger charge is 2.17. The summed E-state index contributed by atoms with van der Waals surface area (Å²) in [5, 5.41) is 7.24. The average Bonchev–Trinajstić information content (AvgIpc) is 3.03. The molecule has 0 spiro atoms. The van der Waals surface area contributed by atoms with Gasteiger partial charge < -0.3 is 10.6 Å². The predicted molar refractivity (Wildman–Crippen MR) is 114 cm³/mol. The van der Waals surface area contributed by atoms with E-state index in [0.717, 1.165) is 67.6 Å². The molecule has 0 aliphatic heterocycles. The molecule has 6 heteroatoms. The van der Waals surface area contributed by atoms with Crippen LogP contribution in [-0.4, -0.2) is 39.6 Å². The third-order valence-electron chi connectivity index (χ3n) is 6.10. The van der Waals surface area contributed by atoms with E-state index in [1.165, 1.54) is 38.5 Å². The Labute approximate surface area is 166 Å². The Kier molecular flexibility index (Phi) is 6.27. The average molecular weight is 384 g/mol. The number of aromatic nitrogens is 3. The van der Waals surface area contributed by atoms with Crippen molar-refractivity contribution in [3.63, 3.8) is 0 Å². The molecule has 4 rings (SSSR count). The van der Waals surface area contributed by atoms with E-state index < -0.39 is 0 Å². The zero-order valence-corrected chi connectivity index (χ0v) is 17.0. The van der Waals surface area contributed by atoms with Gasteiger partial charge in [0.25, 0.3) is 5.56 Å². The van der Waals surface area contributed by atoms with Crippen molar-refractivity contribution in [1.82, 2.24) is 24.6 Å². The zero-order valence-electron chi connectivity index (χ0n) is 17.0. The van der Waals surface area contributed by atoms with Crippen LogP contribution < -0.4 is 16.2 Å². The molecule has 1 aliphatic carbocycles. The lowest BCUT2D eigenvalue weighted by Crippen LogP contribution is -2.35. The lowest BCUT2D eigenvalue weighted by Gasteiger charge is -2.16. The number of nitrogens with one attached hydrogen (secondary N) is 2. The smallest absolute Gasteiger partial charge is 0.278 e. The molecule has 2 N–H and O–H groups in total. The molecule has 0 amide bonds. The highest BCUT2D eigenvalue weighted by Crippen LogP contribution is 2.18. The predicted octanol–water partition coefficient (Wildman–Crippen LogP) is 3.08. The molecule has 0 unspecified atom stereocenters. The maximum atomic E-state index is 12.8. The fourth-order valence-electron chi connectivity index (χ4n) is 4.59. The topological polar surface area (TPSA) is 63.4 Å². The first-order valence-electron chi connectivity index (χ1n) is 11.0. The van der Waals surface area contributed by atoms with Crippen molar-refractivity contribution >= 4 is 16.8 Å². The summed E-state index contributed by atoms with van der Waals surface area (Å²) in [6, 6.07) is 6.68. The molecule has 0 saturated heterocycles. The molecule has 3 aromatic heterocycles. The summed E-state index contributed by atoms with van der Waals surface area (Å²) in [6.07, 6.45) is 10.3. The summed E-state index contributed by atoms with van der Waals surface area (Å²) < 4.78 is 3.90. The maximum Gasteiger partial charge on any atom is 0.278 e. The standard InChI is InChI=1S/C22H33N5O/c1-17-21-22(28)26(20-12-8-11-19(25-17)27(20)21)16-7-6-13-23-14-15-24-18-9-4-2-3-5-10-18/h8,11-12,18,23-24H,2-7,9-10,13-16H2,1H3. The fraction of sp³-hybridized carbons (Fsp3) is 0.636. The van der Waals surface area contributed by atoms with Crippen molar-refractivity contribution < 1.29 is 0 Å². The molecule has 28 heavy (non-hydrogen) atoms. The van der Waals surface area contributed by atoms with Gasteiger partial charge in [0.15, 0.2) is 0 Å². The van der Waals surface area contributed by atoms with E-state index in [0.29, 0.717) is 0 Å². The number of unbranched alkanes of at least 4 members (excludes halogenated alkanes) is 1. The number of hydrogen-bond acceptors (Lipinski definition) is 4. The van der Waals surface area contributed by atoms with Gasteiger partial charge in [-0.05, 0) is 51.3 Å². The van der Waals surface area contributed by atoms with Crippen molar-refractivity contribution in [2.24, 2.45) is 0 Å². The number of nitrogens with zero attached hydrogens (tertiary/aromatic N) is 3. The number of imidazole rings is 2. The molecular formula is C22H33N5O. The maximum absolute atomic E-state index is 12.8. The summed E-state index contributed by atoms with van der Waals surface area (Å²) >= 11 is 0. The van der Waals surface area contributed by atoms with E-state index >= 15 is 0 Å². The van der Waals surface area contributed by atoms with Crippen LogP contribution in [-0.2, 0) is 6.54 Å². The van der Waals surface area contributed by atoms with Crippen molar-refractivity contribution in [3.05, 3.63) is 34.2 Å². The Hall–Kier alpha value is -1.92. The Balaban J connectivity index is 1.19. The van der Waals surface area contributed by atoms with E-state index in [-0.39, 0.29) is 5.56 Å². The van der Waals surface area contributed by atoms with Crippen LogP contribution in [0.2, 0.25) is 0 Å². The second-order valence-corrected chi connectivity index (χ2v) is 8.18. The second-order valence-electron chi connectivity index (χ2n) is 8.18. The Morgan fingerprint density at radius 1 is 1.07 bits per heavy atom. The Morgan fingerprint density at radius 3 is 2.71 bits per heavy atom. The van der Waals surface area contributed by atoms with Gasteiger partial charge in [-0.1, -0.05) is 31.7 Å². The van der Waals surface area contributed by atoms with Crippen molar-refractivity contribution in [2.45, 2.75) is 70.9 Å². The normalized spacial score (nSPS) is 16.3. The van der Waals surface area contributed by atoms with Gasteiger partial charge in [-0.3, -0.25) is 13.8 Å². The van der Waals surface area contributed by atoms with E-state index in [4.69, 9.17) is 0 Å². The van der Waals surface area contributed by atoms with Crippen molar-refractivity contribution in [1.29, 1.82) is 0 Å². The highest BCUT2D eigenvalue weighted by atomic mass is 16.1. The number of rotatable bonds is 9. The summed E-state index contributed by atoms with van der Waals surface area (Å²) in [6.45, 7) is 5.76. The van der Waals surface area contributed by atoms with Crippen LogP contribution >= 0.6 is 0 Å². The van der Waals surface area contributed by atoms with Crippen molar-refractivity contribution in [2.75, 3.05) is 19.6 Å². The quantitative estimate of drug-likeness (QED) is 0.440. The van der Waals surface area contributed by atoms with Crippen LogP contribution in [0.5, 0.6) is 0 Å². The molecule has 3 aromatic rings. The number of aryl methyl sites for hydroxylation is 2. The van der Waals surface area contributed by atoms with E-state index in [1.54, 1.807) is 0 Å². The van der Waals surface area contributed by atoms with E-state index in [9.17, 15) is 4.79 Å². The highest BCUT2D eigenvalue weighted by molar-refractivity contribution is 5.69. The minimum Gasteiger partial charge on any atom is -0.315 e. The van der Waals surface area contributed by atoms with E-state index in [1.807, 2.05) is 34.1 Å². The number of pyridine rings is 1. The van der Waals surface area contributed by atoms with Gasteiger partial charge in [-0.15, -0.1) is 0 Å². The van der Waals surface area contributed by atoms with Crippen LogP contribution in [0.3, 0.4) is 0 Å². The van der Waals surface area contributed by atoms with Crippen LogP contribution in [0.1, 0.15) is 57.1 Å². The minimum atomic E-state index is 0.0896. The molecule has 152 valence electrons. The largest absolute Gasteiger partial charge is 0.315 e. The lowest BCUT2D eigenvalue weighted by molar-refractivity contribution is 0.452. The minimum absolute atomic E-state index is 0.0896. The third-order valence-corrected chi connectivity index (χ3v) is 6.10. The first-order valence-corrected chi connectivity index (χ1v) is 11.0. The van der Waals surface area contributed by atoms with Gasteiger partial charge in [-0.25, -0.2) is 4.98 Å². The van der Waals surface area contributed by atoms with Gasteiger partial charge in [0.05, 0.1) is 5.69 Å². The molecular weight excluding hydrogens is 350 g/mol. The summed E-state index contributed by atoms with van der Waals surface area (Å²) in [5.74, 6) is 0. The summed E-state index contributed by atoms with van der Waals surface area (Å²) in [4.78, 5) is 17.3. The van der Waals surface area contributed by atoms with Crippen molar-refractivity contribution in [3.8, 4) is 0 Å². The van der Waals surface area contributed by atoms with E-state index in [2.05, 4.69) is 15.6 Å². The molecule has 3 heterocycles. The van der Waals surface area contributed by atoms with Gasteiger partial charge in [0, 0.05) is 25.7 Å². The SMILES string of the molecule is Cc1nc2cccc3n(CCCCNCCNC4CCCCCC4)c(=O)c1n23. The fourth-order valence-corrected chi connectivity index (χ4v) is 4.59. The van der Waals surface area contributed by atoms with Crippen LogP contribution in [0.25, 0.3) is 16.8 Å². The molecule has 1 saturated carbocycles. The molecule has 0 atom stereocenters. The molecule has 0 aromatic carbocycles. The van der Waals surface area contributed by atoms with Gasteiger partial charge >= 0.3 is 0 Å². The third kappa shape index (κ3) is 4.08. The monoisotopic (exact) mass is 383 g/mol. The Bertz CT molecular complexity index is 935. The van der Waals surface area contributed by atoms with Gasteiger partial charge in [0.2, 0.25) is 0 Å².